The van der Waals surface area contributed by atoms with Gasteiger partial charge in [0.2, 0.25) is 11.8 Å². The fourth-order valence-corrected chi connectivity index (χ4v) is 0.450. The van der Waals surface area contributed by atoms with Crippen molar-refractivity contribution >= 4 is 11.8 Å². The van der Waals surface area contributed by atoms with Crippen LogP contribution in [0.1, 0.15) is 0 Å². The van der Waals surface area contributed by atoms with Crippen molar-refractivity contribution in [3.05, 3.63) is 0 Å². The minimum atomic E-state index is -0.614. The van der Waals surface area contributed by atoms with Gasteiger partial charge in [0, 0.05) is 7.11 Å². The third-order valence-corrected chi connectivity index (χ3v) is 1.00. The Morgan fingerprint density at radius 2 is 2.00 bits per heavy atom. The maximum Gasteiger partial charge on any atom is 0.246 e. The molecule has 0 rings (SSSR count). The van der Waals surface area contributed by atoms with E-state index < -0.39 is 12.5 Å². The molecule has 3 N–H and O–H groups in total. The zero-order valence-corrected chi connectivity index (χ0v) is 6.79. The molecule has 12 heavy (non-hydrogen) atoms. The van der Waals surface area contributed by atoms with Gasteiger partial charge in [0.1, 0.15) is 13.3 Å². The minimum Gasteiger partial charge on any atom is -0.387 e. The van der Waals surface area contributed by atoms with Crippen LogP contribution in [0.5, 0.6) is 0 Å². The van der Waals surface area contributed by atoms with Crippen molar-refractivity contribution in [1.82, 2.24) is 10.6 Å². The lowest BCUT2D eigenvalue weighted by molar-refractivity contribution is -0.128. The summed E-state index contributed by atoms with van der Waals surface area (Å²) in [6, 6.07) is 0. The van der Waals surface area contributed by atoms with E-state index in [1.54, 1.807) is 0 Å². The van der Waals surface area contributed by atoms with Gasteiger partial charge in [-0.15, -0.1) is 0 Å². The van der Waals surface area contributed by atoms with Crippen molar-refractivity contribution in [2.24, 2.45) is 0 Å². The monoisotopic (exact) mass is 176 g/mol. The Hall–Kier alpha value is -1.14. The van der Waals surface area contributed by atoms with Crippen LogP contribution >= 0.6 is 0 Å². The number of amides is 2. The first kappa shape index (κ1) is 10.9. The predicted octanol–water partition coefficient (Wildman–Crippen LogP) is -2.18. The van der Waals surface area contributed by atoms with Gasteiger partial charge >= 0.3 is 0 Å². The van der Waals surface area contributed by atoms with E-state index in [1.165, 1.54) is 7.11 Å². The van der Waals surface area contributed by atoms with Crippen LogP contribution in [-0.2, 0) is 14.3 Å². The van der Waals surface area contributed by atoms with E-state index in [0.29, 0.717) is 0 Å². The predicted molar refractivity (Wildman–Crippen MR) is 40.1 cm³/mol. The molecule has 0 aliphatic rings. The third kappa shape index (κ3) is 5.63. The highest BCUT2D eigenvalue weighted by Gasteiger charge is 2.02. The topological polar surface area (TPSA) is 87.7 Å². The van der Waals surface area contributed by atoms with E-state index in [0.717, 1.165) is 0 Å². The molecule has 0 aromatic heterocycles. The van der Waals surface area contributed by atoms with Crippen molar-refractivity contribution in [1.29, 1.82) is 0 Å². The van der Waals surface area contributed by atoms with Gasteiger partial charge in [-0.3, -0.25) is 9.59 Å². The summed E-state index contributed by atoms with van der Waals surface area (Å²) >= 11 is 0. The van der Waals surface area contributed by atoms with Crippen LogP contribution in [0.2, 0.25) is 0 Å². The number of hydrogen-bond acceptors (Lipinski definition) is 4. The molecule has 0 spiro atoms. The number of carbonyl (C=O) groups excluding carboxylic acids is 2. The number of aliphatic hydroxyl groups is 1. The second kappa shape index (κ2) is 6.56. The summed E-state index contributed by atoms with van der Waals surface area (Å²) in [7, 11) is 1.44. The molecule has 0 aliphatic heterocycles. The summed E-state index contributed by atoms with van der Waals surface area (Å²) in [6.45, 7) is -0.659. The summed E-state index contributed by atoms with van der Waals surface area (Å²) in [6.07, 6.45) is 0. The number of aliphatic hydroxyl groups excluding tert-OH is 1. The second-order valence-corrected chi connectivity index (χ2v) is 1.97. The van der Waals surface area contributed by atoms with E-state index in [-0.39, 0.29) is 19.2 Å². The zero-order valence-electron chi connectivity index (χ0n) is 6.79. The highest BCUT2D eigenvalue weighted by molar-refractivity contribution is 5.84. The van der Waals surface area contributed by atoms with Gasteiger partial charge in [-0.05, 0) is 0 Å². The Morgan fingerprint density at radius 3 is 2.50 bits per heavy atom. The first-order valence-electron chi connectivity index (χ1n) is 3.34. The van der Waals surface area contributed by atoms with E-state index in [2.05, 4.69) is 15.4 Å². The number of nitrogens with one attached hydrogen (secondary N) is 2. The highest BCUT2D eigenvalue weighted by Crippen LogP contribution is 1.66. The molecule has 0 saturated heterocycles. The van der Waals surface area contributed by atoms with Gasteiger partial charge in [-0.25, -0.2) is 0 Å². The summed E-state index contributed by atoms with van der Waals surface area (Å²) in [5.41, 5.74) is 0. The molecule has 6 heteroatoms. The lowest BCUT2D eigenvalue weighted by Crippen LogP contribution is -2.38. The molecule has 0 radical (unpaired) electrons. The van der Waals surface area contributed by atoms with E-state index in [4.69, 9.17) is 5.11 Å². The van der Waals surface area contributed by atoms with Crippen molar-refractivity contribution in [3.8, 4) is 0 Å². The molecular weight excluding hydrogens is 164 g/mol. The van der Waals surface area contributed by atoms with Crippen LogP contribution in [0.25, 0.3) is 0 Å². The van der Waals surface area contributed by atoms with Crippen LogP contribution in [-0.4, -0.2) is 43.9 Å². The molecule has 0 bridgehead atoms. The lowest BCUT2D eigenvalue weighted by atomic mass is 10.5. The van der Waals surface area contributed by atoms with Crippen molar-refractivity contribution in [3.63, 3.8) is 0 Å². The fourth-order valence-electron chi connectivity index (χ4n) is 0.450. The Kier molecular flexibility index (Phi) is 5.94. The Labute approximate surface area is 69.9 Å². The van der Waals surface area contributed by atoms with Crippen LogP contribution in [0, 0.1) is 0 Å². The molecule has 2 amide bonds. The molecule has 70 valence electrons. The SMILES string of the molecule is COCNC(=O)CNC(=O)CO. The smallest absolute Gasteiger partial charge is 0.246 e. The van der Waals surface area contributed by atoms with Gasteiger partial charge in [0.25, 0.3) is 0 Å². The molecule has 0 aromatic rings. The Balaban J connectivity index is 3.37. The van der Waals surface area contributed by atoms with Crippen LogP contribution in [0.15, 0.2) is 0 Å². The van der Waals surface area contributed by atoms with Crippen molar-refractivity contribution < 1.29 is 19.4 Å². The maximum atomic E-state index is 10.7. The second-order valence-electron chi connectivity index (χ2n) is 1.97. The average Bonchev–Trinajstić information content (AvgIpc) is 2.10. The third-order valence-electron chi connectivity index (χ3n) is 1.00. The molecule has 0 heterocycles. The zero-order chi connectivity index (χ0) is 9.40. The number of hydrogen-bond donors (Lipinski definition) is 3. The van der Waals surface area contributed by atoms with Crippen molar-refractivity contribution in [2.45, 2.75) is 0 Å². The van der Waals surface area contributed by atoms with Gasteiger partial charge in [-0.2, -0.15) is 0 Å². The first-order chi connectivity index (χ1) is 5.70. The van der Waals surface area contributed by atoms with Gasteiger partial charge in [0.15, 0.2) is 0 Å². The van der Waals surface area contributed by atoms with Crippen LogP contribution in [0.4, 0.5) is 0 Å². The molecule has 0 unspecified atom stereocenters. The summed E-state index contributed by atoms with van der Waals surface area (Å²) in [5.74, 6) is -0.943. The number of ether oxygens (including phenoxy) is 1. The molecule has 0 aliphatic carbocycles. The number of carbonyl (C=O) groups is 2. The normalized spacial score (nSPS) is 9.17. The summed E-state index contributed by atoms with van der Waals surface area (Å²) in [5, 5.41) is 12.8. The lowest BCUT2D eigenvalue weighted by Gasteiger charge is -2.03. The molecule has 6 nitrogen and oxygen atoms in total. The molecule has 0 aromatic carbocycles. The molecule has 0 fully saturated rings. The molecular formula is C6H12N2O4. The molecule has 0 atom stereocenters. The average molecular weight is 176 g/mol. The Bertz CT molecular complexity index is 160. The van der Waals surface area contributed by atoms with Crippen molar-refractivity contribution in [2.75, 3.05) is 27.0 Å². The fraction of sp³-hybridized carbons (Fsp3) is 0.667. The quantitative estimate of drug-likeness (QED) is 0.415. The van der Waals surface area contributed by atoms with E-state index >= 15 is 0 Å². The first-order valence-corrected chi connectivity index (χ1v) is 3.34. The standard InChI is InChI=1S/C6H12N2O4/c1-12-4-8-5(10)2-7-6(11)3-9/h9H,2-4H2,1H3,(H,7,11)(H,8,10). The number of methoxy groups -OCH3 is 1. The molecule has 0 saturated carbocycles. The number of rotatable bonds is 5. The minimum absolute atomic E-state index is 0.105. The Morgan fingerprint density at radius 1 is 1.33 bits per heavy atom. The van der Waals surface area contributed by atoms with E-state index in [9.17, 15) is 9.59 Å². The maximum absolute atomic E-state index is 10.7. The van der Waals surface area contributed by atoms with Crippen LogP contribution < -0.4 is 10.6 Å². The summed E-state index contributed by atoms with van der Waals surface area (Å²) in [4.78, 5) is 21.2. The van der Waals surface area contributed by atoms with Gasteiger partial charge in [-0.1, -0.05) is 0 Å². The largest absolute Gasteiger partial charge is 0.387 e. The van der Waals surface area contributed by atoms with E-state index in [1.807, 2.05) is 0 Å². The van der Waals surface area contributed by atoms with Gasteiger partial charge in [0.05, 0.1) is 6.54 Å². The highest BCUT2D eigenvalue weighted by atomic mass is 16.5. The summed E-state index contributed by atoms with van der Waals surface area (Å²) < 4.78 is 4.55. The van der Waals surface area contributed by atoms with Crippen LogP contribution in [0.3, 0.4) is 0 Å². The van der Waals surface area contributed by atoms with Gasteiger partial charge < -0.3 is 20.5 Å².